The molecular weight excluding hydrogens is 174 g/mol. The van der Waals surface area contributed by atoms with E-state index in [0.29, 0.717) is 12.1 Å². The summed E-state index contributed by atoms with van der Waals surface area (Å²) < 4.78 is 0. The Morgan fingerprint density at radius 3 is 2.50 bits per heavy atom. The van der Waals surface area contributed by atoms with Gasteiger partial charge in [-0.05, 0) is 25.3 Å². The Labute approximate surface area is 86.4 Å². The molecule has 0 aromatic rings. The summed E-state index contributed by atoms with van der Waals surface area (Å²) in [4.78, 5) is 10.2. The Morgan fingerprint density at radius 2 is 2.07 bits per heavy atom. The fourth-order valence-electron chi connectivity index (χ4n) is 1.12. The summed E-state index contributed by atoms with van der Waals surface area (Å²) >= 11 is 0. The average molecular weight is 193 g/mol. The van der Waals surface area contributed by atoms with Crippen LogP contribution in [0.2, 0.25) is 0 Å². The van der Waals surface area contributed by atoms with Crippen LogP contribution in [0.3, 0.4) is 0 Å². The van der Waals surface area contributed by atoms with E-state index in [4.69, 9.17) is 0 Å². The third-order valence-corrected chi connectivity index (χ3v) is 1.99. The molecule has 0 aliphatic heterocycles. The van der Waals surface area contributed by atoms with Gasteiger partial charge >= 0.3 is 0 Å². The maximum absolute atomic E-state index is 10.2. The molecule has 0 spiro atoms. The zero-order chi connectivity index (χ0) is 11.0. The highest BCUT2D eigenvalue weighted by atomic mass is 16.1. The van der Waals surface area contributed by atoms with Gasteiger partial charge in [-0.2, -0.15) is 0 Å². The number of carbonyl (C=O) groups is 1. The zero-order valence-corrected chi connectivity index (χ0v) is 9.26. The SMILES string of the molecule is C=C(NC=O)/C(C)=C\C(=C/CC)CC. The zero-order valence-electron chi connectivity index (χ0n) is 9.26. The molecule has 2 nitrogen and oxygen atoms in total. The molecule has 0 aliphatic carbocycles. The van der Waals surface area contributed by atoms with Crippen LogP contribution in [0.1, 0.15) is 33.6 Å². The summed E-state index contributed by atoms with van der Waals surface area (Å²) in [5.74, 6) is 0. The Morgan fingerprint density at radius 1 is 1.43 bits per heavy atom. The van der Waals surface area contributed by atoms with E-state index in [-0.39, 0.29) is 0 Å². The molecule has 78 valence electrons. The predicted octanol–water partition coefficient (Wildman–Crippen LogP) is 2.94. The summed E-state index contributed by atoms with van der Waals surface area (Å²) in [6.07, 6.45) is 6.91. The minimum absolute atomic E-state index is 0.648. The topological polar surface area (TPSA) is 29.1 Å². The maximum Gasteiger partial charge on any atom is 0.211 e. The smallest absolute Gasteiger partial charge is 0.211 e. The van der Waals surface area contributed by atoms with Crippen LogP contribution < -0.4 is 5.32 Å². The summed E-state index contributed by atoms with van der Waals surface area (Å²) in [7, 11) is 0. The van der Waals surface area contributed by atoms with Crippen LogP contribution in [-0.2, 0) is 4.79 Å². The number of amides is 1. The van der Waals surface area contributed by atoms with Gasteiger partial charge in [0.25, 0.3) is 0 Å². The van der Waals surface area contributed by atoms with Crippen LogP contribution in [0.15, 0.2) is 35.6 Å². The molecule has 0 rings (SSSR count). The number of nitrogens with one attached hydrogen (secondary N) is 1. The molecule has 0 aromatic carbocycles. The Balaban J connectivity index is 4.54. The van der Waals surface area contributed by atoms with Crippen molar-refractivity contribution in [3.63, 3.8) is 0 Å². The molecule has 0 atom stereocenters. The molecule has 1 amide bonds. The number of carbonyl (C=O) groups excluding carboxylic acids is 1. The highest BCUT2D eigenvalue weighted by Gasteiger charge is 1.96. The van der Waals surface area contributed by atoms with E-state index < -0.39 is 0 Å². The van der Waals surface area contributed by atoms with Crippen LogP contribution in [0.5, 0.6) is 0 Å². The summed E-state index contributed by atoms with van der Waals surface area (Å²) in [5, 5.41) is 2.55. The Kier molecular flexibility index (Phi) is 6.46. The molecule has 0 aromatic heterocycles. The molecule has 0 saturated carbocycles. The first-order valence-corrected chi connectivity index (χ1v) is 4.92. The van der Waals surface area contributed by atoms with E-state index in [9.17, 15) is 4.79 Å². The predicted molar refractivity (Wildman–Crippen MR) is 60.8 cm³/mol. The van der Waals surface area contributed by atoms with Gasteiger partial charge in [-0.1, -0.05) is 38.2 Å². The van der Waals surface area contributed by atoms with E-state index in [0.717, 1.165) is 18.4 Å². The van der Waals surface area contributed by atoms with Gasteiger partial charge in [0.1, 0.15) is 0 Å². The molecule has 14 heavy (non-hydrogen) atoms. The standard InChI is InChI=1S/C12H19NO/c1-5-7-12(6-2)8-10(3)11(4)13-9-14/h7-9H,4-6H2,1-3H3,(H,13,14)/b10-8-,12-7-. The van der Waals surface area contributed by atoms with Gasteiger partial charge in [0.05, 0.1) is 0 Å². The highest BCUT2D eigenvalue weighted by molar-refractivity contribution is 5.53. The quantitative estimate of drug-likeness (QED) is 0.510. The van der Waals surface area contributed by atoms with Gasteiger partial charge in [-0.3, -0.25) is 4.79 Å². The largest absolute Gasteiger partial charge is 0.329 e. The van der Waals surface area contributed by atoms with E-state index in [1.165, 1.54) is 5.57 Å². The second-order valence-corrected chi connectivity index (χ2v) is 3.11. The number of rotatable bonds is 6. The molecule has 0 unspecified atom stereocenters. The highest BCUT2D eigenvalue weighted by Crippen LogP contribution is 2.11. The van der Waals surface area contributed by atoms with Crippen LogP contribution in [-0.4, -0.2) is 6.41 Å². The Bertz CT molecular complexity index is 261. The van der Waals surface area contributed by atoms with Gasteiger partial charge < -0.3 is 5.32 Å². The fourth-order valence-corrected chi connectivity index (χ4v) is 1.12. The van der Waals surface area contributed by atoms with E-state index in [1.54, 1.807) is 0 Å². The maximum atomic E-state index is 10.2. The Hall–Kier alpha value is -1.31. The summed E-state index contributed by atoms with van der Waals surface area (Å²) in [6, 6.07) is 0. The van der Waals surface area contributed by atoms with Crippen LogP contribution in [0.4, 0.5) is 0 Å². The first-order valence-electron chi connectivity index (χ1n) is 4.92. The van der Waals surface area contributed by atoms with Crippen molar-refractivity contribution in [3.05, 3.63) is 35.6 Å². The van der Waals surface area contributed by atoms with E-state index in [1.807, 2.05) is 6.92 Å². The third kappa shape index (κ3) is 4.65. The lowest BCUT2D eigenvalue weighted by molar-refractivity contribution is -0.108. The van der Waals surface area contributed by atoms with Crippen molar-refractivity contribution in [1.82, 2.24) is 5.32 Å². The average Bonchev–Trinajstić information content (AvgIpc) is 2.17. The van der Waals surface area contributed by atoms with Crippen molar-refractivity contribution >= 4 is 6.41 Å². The molecule has 0 aliphatic rings. The van der Waals surface area contributed by atoms with Crippen molar-refractivity contribution in [2.45, 2.75) is 33.6 Å². The van der Waals surface area contributed by atoms with Gasteiger partial charge in [-0.25, -0.2) is 0 Å². The first kappa shape index (κ1) is 12.7. The van der Waals surface area contributed by atoms with Crippen molar-refractivity contribution in [1.29, 1.82) is 0 Å². The van der Waals surface area contributed by atoms with Crippen LogP contribution >= 0.6 is 0 Å². The molecule has 0 radical (unpaired) electrons. The third-order valence-electron chi connectivity index (χ3n) is 1.99. The minimum Gasteiger partial charge on any atom is -0.329 e. The fraction of sp³-hybridized carbons (Fsp3) is 0.417. The van der Waals surface area contributed by atoms with Gasteiger partial charge in [0.2, 0.25) is 6.41 Å². The van der Waals surface area contributed by atoms with Crippen molar-refractivity contribution in [2.24, 2.45) is 0 Å². The lowest BCUT2D eigenvalue weighted by atomic mass is 10.1. The second kappa shape index (κ2) is 7.13. The van der Waals surface area contributed by atoms with Crippen molar-refractivity contribution in [3.8, 4) is 0 Å². The lowest BCUT2D eigenvalue weighted by Crippen LogP contribution is -2.09. The van der Waals surface area contributed by atoms with Gasteiger partial charge in [0.15, 0.2) is 0 Å². The molecular formula is C12H19NO. The summed E-state index contributed by atoms with van der Waals surface area (Å²) in [6.45, 7) is 9.92. The number of hydrogen-bond acceptors (Lipinski definition) is 1. The number of allylic oxidation sites excluding steroid dienone is 4. The molecule has 2 heteroatoms. The normalized spacial score (nSPS) is 12.5. The van der Waals surface area contributed by atoms with Crippen LogP contribution in [0, 0.1) is 0 Å². The minimum atomic E-state index is 0.648. The molecule has 0 heterocycles. The molecule has 0 saturated heterocycles. The van der Waals surface area contributed by atoms with Crippen LogP contribution in [0.25, 0.3) is 0 Å². The van der Waals surface area contributed by atoms with Gasteiger partial charge in [-0.15, -0.1) is 0 Å². The van der Waals surface area contributed by atoms with Crippen molar-refractivity contribution in [2.75, 3.05) is 0 Å². The van der Waals surface area contributed by atoms with E-state index >= 15 is 0 Å². The first-order chi connectivity index (χ1) is 6.65. The lowest BCUT2D eigenvalue weighted by Gasteiger charge is -2.05. The molecule has 1 N–H and O–H groups in total. The molecule has 0 bridgehead atoms. The monoisotopic (exact) mass is 193 g/mol. The molecule has 0 fully saturated rings. The second-order valence-electron chi connectivity index (χ2n) is 3.11. The van der Waals surface area contributed by atoms with Gasteiger partial charge in [0, 0.05) is 5.70 Å². The number of hydrogen-bond donors (Lipinski definition) is 1. The van der Waals surface area contributed by atoms with Crippen molar-refractivity contribution < 1.29 is 4.79 Å². The summed E-state index contributed by atoms with van der Waals surface area (Å²) in [5.41, 5.74) is 2.94. The van der Waals surface area contributed by atoms with E-state index in [2.05, 4.69) is 37.9 Å².